The van der Waals surface area contributed by atoms with E-state index in [1.165, 1.54) is 12.1 Å². The third-order valence-corrected chi connectivity index (χ3v) is 15.2. The van der Waals surface area contributed by atoms with Gasteiger partial charge >= 0.3 is 18.1 Å². The SMILES string of the molecule is C=C(C)[C@@H]1CC[C@]2(C(=O)O)CC[C@]3(C)[C@H](CC[C@@H]4[C@@]5(C)CC[C@H](O)[C@@](C)(COC(=O)c6ccccc6C(F)(F)F)[C@@H]5CC[C@]43C)[C@@H]12. The van der Waals surface area contributed by atoms with Crippen molar-refractivity contribution < 1.29 is 37.7 Å². The maximum absolute atomic E-state index is 13.7. The molecule has 0 bridgehead atoms. The smallest absolute Gasteiger partial charge is 0.417 e. The van der Waals surface area contributed by atoms with Crippen LogP contribution < -0.4 is 0 Å². The van der Waals surface area contributed by atoms with E-state index in [0.29, 0.717) is 18.8 Å². The van der Waals surface area contributed by atoms with Crippen molar-refractivity contribution in [3.05, 3.63) is 47.5 Å². The van der Waals surface area contributed by atoms with Gasteiger partial charge in [-0.3, -0.25) is 4.79 Å². The number of halogens is 3. The first-order valence-electron chi connectivity index (χ1n) is 17.3. The van der Waals surface area contributed by atoms with Gasteiger partial charge in [-0.1, -0.05) is 52.0 Å². The average molecular weight is 645 g/mol. The highest BCUT2D eigenvalue weighted by molar-refractivity contribution is 5.91. The molecule has 1 aromatic carbocycles. The number of alkyl halides is 3. The fraction of sp³-hybridized carbons (Fsp3) is 0.737. The molecule has 0 aromatic heterocycles. The molecule has 2 N–H and O–H groups in total. The van der Waals surface area contributed by atoms with Gasteiger partial charge < -0.3 is 14.9 Å². The van der Waals surface area contributed by atoms with E-state index < -0.39 is 46.2 Å². The molecule has 46 heavy (non-hydrogen) atoms. The Balaban J connectivity index is 1.29. The predicted octanol–water partition coefficient (Wildman–Crippen LogP) is 8.95. The van der Waals surface area contributed by atoms with Crippen molar-refractivity contribution >= 4 is 11.9 Å². The number of fused-ring (bicyclic) bond motifs is 7. The Bertz CT molecular complexity index is 1420. The first kappa shape index (κ1) is 33.5. The molecule has 5 aliphatic carbocycles. The molecule has 0 amide bonds. The zero-order valence-corrected chi connectivity index (χ0v) is 28.0. The maximum atomic E-state index is 13.7. The number of aliphatic carboxylic acids is 1. The topological polar surface area (TPSA) is 83.8 Å². The Morgan fingerprint density at radius 1 is 0.913 bits per heavy atom. The monoisotopic (exact) mass is 644 g/mol. The molecular weight excluding hydrogens is 593 g/mol. The highest BCUT2D eigenvalue weighted by Crippen LogP contribution is 2.77. The normalized spacial score (nSPS) is 45.1. The minimum atomic E-state index is -4.68. The summed E-state index contributed by atoms with van der Waals surface area (Å²) in [6, 6.07) is 4.69. The molecule has 1 aromatic rings. The van der Waals surface area contributed by atoms with Crippen molar-refractivity contribution in [3.8, 4) is 0 Å². The van der Waals surface area contributed by atoms with E-state index in [-0.39, 0.29) is 46.5 Å². The van der Waals surface area contributed by atoms with Crippen LogP contribution >= 0.6 is 0 Å². The van der Waals surface area contributed by atoms with Gasteiger partial charge in [0.25, 0.3) is 0 Å². The average Bonchev–Trinajstić information content (AvgIpc) is 3.40. The van der Waals surface area contributed by atoms with E-state index in [2.05, 4.69) is 34.3 Å². The standard InChI is InChI=1S/C38H51F3O5/c1-22(2)23-13-18-37(32(44)45)20-19-35(5)26(30(23)37)11-12-28-33(3)16-15-29(42)34(4,27(33)14-17-36(28,35)6)21-46-31(43)24-9-7-8-10-25(24)38(39,40)41/h7-10,23,26-30,42H,1,11-21H2,2-6H3,(H,44,45)/t23-,26+,27+,28+,29-,30+,33-,34-,35+,36+,37-/m0/s1. The summed E-state index contributed by atoms with van der Waals surface area (Å²) >= 11 is 0. The number of hydrogen-bond acceptors (Lipinski definition) is 4. The molecule has 0 spiro atoms. The largest absolute Gasteiger partial charge is 0.481 e. The predicted molar refractivity (Wildman–Crippen MR) is 169 cm³/mol. The molecule has 5 fully saturated rings. The number of carboxylic acids is 1. The number of hydrogen-bond donors (Lipinski definition) is 2. The van der Waals surface area contributed by atoms with Crippen molar-refractivity contribution in [1.29, 1.82) is 0 Å². The molecular formula is C38H51F3O5. The van der Waals surface area contributed by atoms with Crippen molar-refractivity contribution in [3.63, 3.8) is 0 Å². The van der Waals surface area contributed by atoms with E-state index in [1.54, 1.807) is 0 Å². The van der Waals surface area contributed by atoms with Crippen molar-refractivity contribution in [1.82, 2.24) is 0 Å². The molecule has 5 nitrogen and oxygen atoms in total. The Hall–Kier alpha value is -2.35. The van der Waals surface area contributed by atoms with E-state index in [9.17, 15) is 33.0 Å². The van der Waals surface area contributed by atoms with Gasteiger partial charge in [0.1, 0.15) is 0 Å². The molecule has 8 heteroatoms. The maximum Gasteiger partial charge on any atom is 0.417 e. The second-order valence-electron chi connectivity index (χ2n) is 16.8. The summed E-state index contributed by atoms with van der Waals surface area (Å²) in [5, 5.41) is 22.1. The van der Waals surface area contributed by atoms with Gasteiger partial charge in [0, 0.05) is 5.41 Å². The third kappa shape index (κ3) is 4.50. The van der Waals surface area contributed by atoms with Crippen LogP contribution in [-0.4, -0.2) is 34.9 Å². The summed E-state index contributed by atoms with van der Waals surface area (Å²) < 4.78 is 46.7. The lowest BCUT2D eigenvalue weighted by Gasteiger charge is -2.72. The summed E-state index contributed by atoms with van der Waals surface area (Å²) in [4.78, 5) is 26.0. The molecule has 11 atom stereocenters. The van der Waals surface area contributed by atoms with Crippen LogP contribution in [0.3, 0.4) is 0 Å². The first-order valence-corrected chi connectivity index (χ1v) is 17.3. The Morgan fingerprint density at radius 3 is 2.26 bits per heavy atom. The van der Waals surface area contributed by atoms with E-state index >= 15 is 0 Å². The van der Waals surface area contributed by atoms with Gasteiger partial charge in [-0.05, 0) is 129 Å². The second kappa shape index (κ2) is 10.8. The van der Waals surface area contributed by atoms with Gasteiger partial charge in [-0.25, -0.2) is 4.79 Å². The van der Waals surface area contributed by atoms with Crippen LogP contribution in [0.4, 0.5) is 13.2 Å². The van der Waals surface area contributed by atoms with E-state index in [0.717, 1.165) is 69.1 Å². The number of allylic oxidation sites excluding steroid dienone is 1. The summed E-state index contributed by atoms with van der Waals surface area (Å²) in [6.07, 6.45) is 2.80. The Kier molecular flexibility index (Phi) is 7.90. The lowest BCUT2D eigenvalue weighted by molar-refractivity contribution is -0.254. The van der Waals surface area contributed by atoms with Gasteiger partial charge in [0.15, 0.2) is 0 Å². The summed E-state index contributed by atoms with van der Waals surface area (Å²) in [6.45, 7) is 15.4. The minimum Gasteiger partial charge on any atom is -0.481 e. The second-order valence-corrected chi connectivity index (χ2v) is 16.8. The van der Waals surface area contributed by atoms with Crippen LogP contribution in [0.5, 0.6) is 0 Å². The Labute approximate surface area is 271 Å². The minimum absolute atomic E-state index is 0.0176. The zero-order chi connectivity index (χ0) is 33.7. The van der Waals surface area contributed by atoms with Crippen molar-refractivity contribution in [2.45, 2.75) is 111 Å². The van der Waals surface area contributed by atoms with Crippen molar-refractivity contribution in [2.24, 2.45) is 56.7 Å². The van der Waals surface area contributed by atoms with Crippen LogP contribution in [-0.2, 0) is 15.7 Å². The lowest BCUT2D eigenvalue weighted by Crippen LogP contribution is -2.67. The third-order valence-electron chi connectivity index (χ3n) is 15.2. The van der Waals surface area contributed by atoms with Gasteiger partial charge in [0.05, 0.1) is 29.3 Å². The van der Waals surface area contributed by atoms with Gasteiger partial charge in [-0.2, -0.15) is 13.2 Å². The van der Waals surface area contributed by atoms with Crippen molar-refractivity contribution in [2.75, 3.05) is 6.61 Å². The van der Waals surface area contributed by atoms with Crippen LogP contribution in [0.1, 0.15) is 115 Å². The van der Waals surface area contributed by atoms with Gasteiger partial charge in [-0.15, -0.1) is 0 Å². The van der Waals surface area contributed by atoms with E-state index in [1.807, 2.05) is 6.92 Å². The summed E-state index contributed by atoms with van der Waals surface area (Å²) in [5.74, 6) is -0.719. The quantitative estimate of drug-likeness (QED) is 0.247. The van der Waals surface area contributed by atoms with E-state index in [4.69, 9.17) is 4.74 Å². The van der Waals surface area contributed by atoms with Crippen LogP contribution in [0.15, 0.2) is 36.4 Å². The summed E-state index contributed by atoms with van der Waals surface area (Å²) in [5.41, 5.74) is -2.18. The van der Waals surface area contributed by atoms with Gasteiger partial charge in [0.2, 0.25) is 0 Å². The first-order chi connectivity index (χ1) is 21.4. The number of aliphatic hydroxyl groups excluding tert-OH is 1. The number of aliphatic hydroxyl groups is 1. The van der Waals surface area contributed by atoms with Crippen LogP contribution in [0.2, 0.25) is 0 Å². The number of esters is 1. The zero-order valence-electron chi connectivity index (χ0n) is 28.0. The molecule has 5 aliphatic rings. The van der Waals surface area contributed by atoms with Crippen LogP contribution in [0, 0.1) is 56.7 Å². The fourth-order valence-corrected chi connectivity index (χ4v) is 12.7. The number of carbonyl (C=O) groups is 2. The molecule has 0 aliphatic heterocycles. The lowest BCUT2D eigenvalue weighted by atomic mass is 9.32. The molecule has 254 valence electrons. The fourth-order valence-electron chi connectivity index (χ4n) is 12.7. The molecule has 0 heterocycles. The molecule has 5 saturated carbocycles. The summed E-state index contributed by atoms with van der Waals surface area (Å²) in [7, 11) is 0. The number of carbonyl (C=O) groups excluding carboxylic acids is 1. The number of benzene rings is 1. The molecule has 0 radical (unpaired) electrons. The highest BCUT2D eigenvalue weighted by atomic mass is 19.4. The number of carboxylic acid groups (broad SMARTS) is 1. The number of rotatable bonds is 5. The molecule has 0 unspecified atom stereocenters. The molecule has 6 rings (SSSR count). The Morgan fingerprint density at radius 2 is 1.61 bits per heavy atom. The van der Waals surface area contributed by atoms with Crippen LogP contribution in [0.25, 0.3) is 0 Å². The highest BCUT2D eigenvalue weighted by Gasteiger charge is 2.72. The molecule has 0 saturated heterocycles. The number of ether oxygens (including phenoxy) is 1.